The normalized spacial score (nSPS) is 14.0. The molecule has 0 aliphatic carbocycles. The minimum atomic E-state index is -4.95. The molecule has 0 aliphatic heterocycles. The second kappa shape index (κ2) is 64.8. The van der Waals surface area contributed by atoms with Crippen LogP contribution in [0.2, 0.25) is 0 Å². The summed E-state index contributed by atoms with van der Waals surface area (Å²) < 4.78 is 68.1. The van der Waals surface area contributed by atoms with E-state index in [4.69, 9.17) is 37.0 Å². The van der Waals surface area contributed by atoms with Crippen LogP contribution in [0.4, 0.5) is 0 Å². The van der Waals surface area contributed by atoms with Crippen molar-refractivity contribution in [1.29, 1.82) is 0 Å². The predicted octanol–water partition coefficient (Wildman–Crippen LogP) is 20.3. The third-order valence-electron chi connectivity index (χ3n) is 16.4. The molecule has 19 heteroatoms. The summed E-state index contributed by atoms with van der Waals surface area (Å²) in [4.78, 5) is 72.3. The van der Waals surface area contributed by atoms with Crippen molar-refractivity contribution in [2.24, 2.45) is 0 Å². The number of esters is 4. The maximum absolute atomic E-state index is 13.0. The van der Waals surface area contributed by atoms with Gasteiger partial charge in [-0.05, 0) is 25.7 Å². The van der Waals surface area contributed by atoms with Crippen LogP contribution in [0, 0.1) is 0 Å². The van der Waals surface area contributed by atoms with Crippen LogP contribution in [0.25, 0.3) is 0 Å². The van der Waals surface area contributed by atoms with E-state index < -0.39 is 97.5 Å². The van der Waals surface area contributed by atoms with Crippen molar-refractivity contribution in [3.8, 4) is 0 Å². The minimum absolute atomic E-state index is 0.107. The van der Waals surface area contributed by atoms with Gasteiger partial charge in [0.05, 0.1) is 26.4 Å². The van der Waals surface area contributed by atoms with Crippen molar-refractivity contribution in [2.75, 3.05) is 39.6 Å². The lowest BCUT2D eigenvalue weighted by atomic mass is 10.0. The van der Waals surface area contributed by atoms with Crippen LogP contribution in [-0.2, 0) is 65.4 Å². The van der Waals surface area contributed by atoms with E-state index >= 15 is 0 Å². The van der Waals surface area contributed by atoms with Crippen LogP contribution in [0.15, 0.2) is 0 Å². The van der Waals surface area contributed by atoms with Gasteiger partial charge in [0.25, 0.3) is 0 Å². The topological polar surface area (TPSA) is 237 Å². The number of hydrogen-bond acceptors (Lipinski definition) is 15. The molecule has 5 atom stereocenters. The fourth-order valence-electron chi connectivity index (χ4n) is 10.7. The van der Waals surface area contributed by atoms with Crippen molar-refractivity contribution < 1.29 is 80.2 Å². The number of ether oxygens (including phenoxy) is 4. The molecule has 0 aliphatic rings. The van der Waals surface area contributed by atoms with Crippen LogP contribution in [-0.4, -0.2) is 96.7 Å². The van der Waals surface area contributed by atoms with Crippen LogP contribution in [0.5, 0.6) is 0 Å². The van der Waals surface area contributed by atoms with Gasteiger partial charge >= 0.3 is 39.5 Å². The van der Waals surface area contributed by atoms with Gasteiger partial charge in [-0.25, -0.2) is 9.13 Å². The van der Waals surface area contributed by atoms with E-state index in [-0.39, 0.29) is 25.7 Å². The Morgan fingerprint density at radius 3 is 0.663 bits per heavy atom. The van der Waals surface area contributed by atoms with Crippen LogP contribution in [0.3, 0.4) is 0 Å². The number of rotatable bonds is 71. The minimum Gasteiger partial charge on any atom is -0.462 e. The molecule has 0 saturated carbocycles. The fourth-order valence-corrected chi connectivity index (χ4v) is 12.3. The zero-order chi connectivity index (χ0) is 65.4. The van der Waals surface area contributed by atoms with E-state index in [2.05, 4.69) is 27.7 Å². The Kier molecular flexibility index (Phi) is 63.3. The molecule has 0 radical (unpaired) electrons. The molecule has 0 aromatic rings. The van der Waals surface area contributed by atoms with Gasteiger partial charge in [0.1, 0.15) is 19.3 Å². The van der Waals surface area contributed by atoms with E-state index in [0.29, 0.717) is 25.7 Å². The first-order valence-corrected chi connectivity index (χ1v) is 39.8. The van der Waals surface area contributed by atoms with Gasteiger partial charge in [-0.15, -0.1) is 0 Å². The second-order valence-corrected chi connectivity index (χ2v) is 28.2. The van der Waals surface area contributed by atoms with Crippen molar-refractivity contribution in [3.05, 3.63) is 0 Å². The average Bonchev–Trinajstić information content (AvgIpc) is 3.73. The largest absolute Gasteiger partial charge is 0.472 e. The molecule has 2 unspecified atom stereocenters. The van der Waals surface area contributed by atoms with Gasteiger partial charge < -0.3 is 33.8 Å². The third-order valence-corrected chi connectivity index (χ3v) is 18.3. The molecule has 528 valence electrons. The smallest absolute Gasteiger partial charge is 0.462 e. The first-order valence-electron chi connectivity index (χ1n) is 36.8. The predicted molar refractivity (Wildman–Crippen MR) is 359 cm³/mol. The molecule has 3 N–H and O–H groups in total. The van der Waals surface area contributed by atoms with Crippen LogP contribution in [0.1, 0.15) is 368 Å². The molecule has 0 aromatic carbocycles. The maximum Gasteiger partial charge on any atom is 0.472 e. The summed E-state index contributed by atoms with van der Waals surface area (Å²) in [5, 5.41) is 10.6. The summed E-state index contributed by atoms with van der Waals surface area (Å²) in [6.07, 6.45) is 52.9. The molecule has 0 fully saturated rings. The van der Waals surface area contributed by atoms with E-state index in [0.717, 1.165) is 103 Å². The first kappa shape index (κ1) is 87.1. The van der Waals surface area contributed by atoms with Crippen LogP contribution >= 0.6 is 15.6 Å². The number of hydrogen-bond donors (Lipinski definition) is 3. The summed E-state index contributed by atoms with van der Waals surface area (Å²) in [6, 6.07) is 0. The van der Waals surface area contributed by atoms with Gasteiger partial charge in [-0.3, -0.25) is 37.3 Å². The van der Waals surface area contributed by atoms with Gasteiger partial charge in [0.15, 0.2) is 12.2 Å². The number of phosphoric acid groups is 2. The second-order valence-electron chi connectivity index (χ2n) is 25.3. The van der Waals surface area contributed by atoms with Crippen molar-refractivity contribution in [1.82, 2.24) is 0 Å². The number of aliphatic hydroxyl groups excluding tert-OH is 1. The van der Waals surface area contributed by atoms with Crippen molar-refractivity contribution in [2.45, 2.75) is 386 Å². The molecule has 0 spiro atoms. The Bertz CT molecular complexity index is 1710. The standard InChI is InChI=1S/C70H136O17P2/c1-5-9-13-17-21-24-27-29-30-31-32-33-34-35-36-38-41-45-49-53-57-70(75)87-66(61-81-68(73)55-51-47-43-40-37-28-25-22-18-14-10-6-2)63-85-89(78,79)83-59-64(71)58-82-88(76,77)84-62-65(60-80-67(72)54-50-46-42-20-16-12-8-4)86-69(74)56-52-48-44-39-26-23-19-15-11-7-3/h64-66,71H,5-63H2,1-4H3,(H,76,77)(H,78,79)/t64-,65+,66+/m0/s1. The van der Waals surface area contributed by atoms with E-state index in [1.165, 1.54) is 186 Å². The Labute approximate surface area is 543 Å². The number of aliphatic hydroxyl groups is 1. The molecular formula is C70H136O17P2. The van der Waals surface area contributed by atoms with Crippen LogP contribution < -0.4 is 0 Å². The lowest BCUT2D eigenvalue weighted by Gasteiger charge is -2.21. The SMILES string of the molecule is CCCCCCCCCCCCCCCCCCCCCCC(=O)O[C@H](COC(=O)CCCCCCCCCCCCCC)COP(=O)(O)OC[C@@H](O)COP(=O)(O)OC[C@@H](COC(=O)CCCCCCCCC)OC(=O)CCCCCCCCCCCC. The Morgan fingerprint density at radius 1 is 0.270 bits per heavy atom. The average molecular weight is 1310 g/mol. The number of carbonyl (C=O) groups is 4. The van der Waals surface area contributed by atoms with Crippen molar-refractivity contribution in [3.63, 3.8) is 0 Å². The highest BCUT2D eigenvalue weighted by atomic mass is 31.2. The molecule has 89 heavy (non-hydrogen) atoms. The van der Waals surface area contributed by atoms with Gasteiger partial charge in [-0.1, -0.05) is 317 Å². The van der Waals surface area contributed by atoms with E-state index in [9.17, 15) is 43.2 Å². The summed E-state index contributed by atoms with van der Waals surface area (Å²) >= 11 is 0. The lowest BCUT2D eigenvalue weighted by molar-refractivity contribution is -0.161. The van der Waals surface area contributed by atoms with Gasteiger partial charge in [-0.2, -0.15) is 0 Å². The van der Waals surface area contributed by atoms with Crippen molar-refractivity contribution >= 4 is 39.5 Å². The zero-order valence-electron chi connectivity index (χ0n) is 57.4. The quantitative estimate of drug-likeness (QED) is 0.0222. The van der Waals surface area contributed by atoms with E-state index in [1.54, 1.807) is 0 Å². The van der Waals surface area contributed by atoms with E-state index in [1.807, 2.05) is 0 Å². The fraction of sp³-hybridized carbons (Fsp3) is 0.943. The Morgan fingerprint density at radius 2 is 0.449 bits per heavy atom. The highest BCUT2D eigenvalue weighted by Gasteiger charge is 2.30. The summed E-state index contributed by atoms with van der Waals surface area (Å²) in [6.45, 7) is 4.89. The molecule has 0 aromatic heterocycles. The highest BCUT2D eigenvalue weighted by molar-refractivity contribution is 7.47. The summed E-state index contributed by atoms with van der Waals surface area (Å²) in [5.74, 6) is -2.13. The van der Waals surface area contributed by atoms with Gasteiger partial charge in [0.2, 0.25) is 0 Å². The first-order chi connectivity index (χ1) is 43.2. The molecule has 0 saturated heterocycles. The highest BCUT2D eigenvalue weighted by Crippen LogP contribution is 2.45. The lowest BCUT2D eigenvalue weighted by Crippen LogP contribution is -2.30. The molecule has 0 rings (SSSR count). The number of unbranched alkanes of at least 4 members (excludes halogenated alkanes) is 45. The summed E-state index contributed by atoms with van der Waals surface area (Å²) in [5.41, 5.74) is 0. The Hall–Kier alpha value is -1.94. The monoisotopic (exact) mass is 1310 g/mol. The summed E-state index contributed by atoms with van der Waals surface area (Å²) in [7, 11) is -9.89. The Balaban J connectivity index is 5.14. The molecule has 0 amide bonds. The maximum atomic E-state index is 13.0. The number of carbonyl (C=O) groups excluding carboxylic acids is 4. The zero-order valence-corrected chi connectivity index (χ0v) is 59.2. The van der Waals surface area contributed by atoms with Gasteiger partial charge in [0, 0.05) is 25.7 Å². The molecule has 0 heterocycles. The number of phosphoric ester groups is 2. The molecule has 17 nitrogen and oxygen atoms in total. The third kappa shape index (κ3) is 64.6. The molecule has 0 bridgehead atoms. The molecular weight excluding hydrogens is 1170 g/mol.